The standard InChI is InChI=1S/C15H13NO3/c1-10(11-2-6-13(17)7-3-11)15(18)19-14-8-4-12(16)5-9-14/h2-9,17H,1,16H2. The van der Waals surface area contributed by atoms with Gasteiger partial charge in [0.2, 0.25) is 0 Å². The lowest BCUT2D eigenvalue weighted by atomic mass is 10.1. The molecule has 0 fully saturated rings. The molecule has 0 aliphatic rings. The fraction of sp³-hybridized carbons (Fsp3) is 0. The van der Waals surface area contributed by atoms with Crippen LogP contribution in [0.3, 0.4) is 0 Å². The van der Waals surface area contributed by atoms with Gasteiger partial charge in [-0.3, -0.25) is 0 Å². The average molecular weight is 255 g/mol. The quantitative estimate of drug-likeness (QED) is 0.382. The van der Waals surface area contributed by atoms with Crippen molar-refractivity contribution < 1.29 is 14.6 Å². The summed E-state index contributed by atoms with van der Waals surface area (Å²) >= 11 is 0. The van der Waals surface area contributed by atoms with Crippen LogP contribution < -0.4 is 10.5 Å². The van der Waals surface area contributed by atoms with Crippen molar-refractivity contribution in [1.82, 2.24) is 0 Å². The Balaban J connectivity index is 2.09. The molecule has 0 aromatic heterocycles. The number of carbonyl (C=O) groups is 1. The van der Waals surface area contributed by atoms with Gasteiger partial charge in [0.25, 0.3) is 0 Å². The normalized spacial score (nSPS) is 9.89. The van der Waals surface area contributed by atoms with Gasteiger partial charge in [0, 0.05) is 5.69 Å². The van der Waals surface area contributed by atoms with E-state index in [1.54, 1.807) is 36.4 Å². The molecule has 0 saturated carbocycles. The highest BCUT2D eigenvalue weighted by Crippen LogP contribution is 2.20. The number of phenolic OH excluding ortho intramolecular Hbond substituents is 1. The molecular formula is C15H13NO3. The summed E-state index contributed by atoms with van der Waals surface area (Å²) in [5, 5.41) is 9.18. The lowest BCUT2D eigenvalue weighted by Gasteiger charge is -2.07. The molecule has 0 atom stereocenters. The van der Waals surface area contributed by atoms with Crippen molar-refractivity contribution in [2.24, 2.45) is 0 Å². The number of nitrogens with two attached hydrogens (primary N) is 1. The highest BCUT2D eigenvalue weighted by atomic mass is 16.5. The number of phenols is 1. The van der Waals surface area contributed by atoms with Crippen LogP contribution in [0.15, 0.2) is 55.1 Å². The predicted molar refractivity (Wildman–Crippen MR) is 73.6 cm³/mol. The maximum Gasteiger partial charge on any atom is 0.343 e. The van der Waals surface area contributed by atoms with E-state index in [4.69, 9.17) is 10.5 Å². The Labute approximate surface area is 110 Å². The summed E-state index contributed by atoms with van der Waals surface area (Å²) in [5.74, 6) is -0.0157. The molecule has 0 spiro atoms. The molecule has 2 aromatic carbocycles. The summed E-state index contributed by atoms with van der Waals surface area (Å²) in [5.41, 5.74) is 6.95. The molecule has 0 radical (unpaired) electrons. The topological polar surface area (TPSA) is 72.5 Å². The molecule has 0 aliphatic heterocycles. The van der Waals surface area contributed by atoms with Gasteiger partial charge in [0.15, 0.2) is 0 Å². The van der Waals surface area contributed by atoms with Crippen LogP contribution in [0.2, 0.25) is 0 Å². The number of anilines is 1. The molecule has 0 bridgehead atoms. The Hall–Kier alpha value is -2.75. The van der Waals surface area contributed by atoms with Gasteiger partial charge < -0.3 is 15.6 Å². The van der Waals surface area contributed by atoms with Gasteiger partial charge in [-0.15, -0.1) is 0 Å². The van der Waals surface area contributed by atoms with Gasteiger partial charge in [-0.2, -0.15) is 0 Å². The van der Waals surface area contributed by atoms with E-state index >= 15 is 0 Å². The van der Waals surface area contributed by atoms with Crippen molar-refractivity contribution in [2.75, 3.05) is 5.73 Å². The van der Waals surface area contributed by atoms with Gasteiger partial charge in [-0.1, -0.05) is 18.7 Å². The molecule has 96 valence electrons. The highest BCUT2D eigenvalue weighted by molar-refractivity contribution is 6.16. The SMILES string of the molecule is C=C(C(=O)Oc1ccc(N)cc1)c1ccc(O)cc1. The van der Waals surface area contributed by atoms with E-state index in [2.05, 4.69) is 6.58 Å². The molecule has 0 saturated heterocycles. The number of ether oxygens (including phenoxy) is 1. The van der Waals surface area contributed by atoms with E-state index in [-0.39, 0.29) is 11.3 Å². The Morgan fingerprint density at radius 3 is 2.21 bits per heavy atom. The van der Waals surface area contributed by atoms with Crippen LogP contribution in [0.25, 0.3) is 5.57 Å². The summed E-state index contributed by atoms with van der Waals surface area (Å²) in [6.45, 7) is 3.69. The number of nitrogen functional groups attached to an aromatic ring is 1. The number of esters is 1. The van der Waals surface area contributed by atoms with E-state index in [1.807, 2.05) is 0 Å². The van der Waals surface area contributed by atoms with Crippen LogP contribution >= 0.6 is 0 Å². The largest absolute Gasteiger partial charge is 0.508 e. The zero-order valence-electron chi connectivity index (χ0n) is 10.2. The Morgan fingerprint density at radius 1 is 1.05 bits per heavy atom. The van der Waals surface area contributed by atoms with Crippen LogP contribution in [0, 0.1) is 0 Å². The molecule has 2 rings (SSSR count). The van der Waals surface area contributed by atoms with E-state index in [0.29, 0.717) is 17.0 Å². The molecule has 0 heterocycles. The lowest BCUT2D eigenvalue weighted by Crippen LogP contribution is -2.09. The maximum atomic E-state index is 11.9. The third-order valence-electron chi connectivity index (χ3n) is 2.55. The fourth-order valence-electron chi connectivity index (χ4n) is 1.48. The summed E-state index contributed by atoms with van der Waals surface area (Å²) < 4.78 is 5.16. The van der Waals surface area contributed by atoms with E-state index < -0.39 is 5.97 Å². The Kier molecular flexibility index (Phi) is 3.52. The molecule has 2 aromatic rings. The summed E-state index contributed by atoms with van der Waals surface area (Å²) in [6.07, 6.45) is 0. The molecule has 19 heavy (non-hydrogen) atoms. The minimum absolute atomic E-state index is 0.128. The third-order valence-corrected chi connectivity index (χ3v) is 2.55. The predicted octanol–water partition coefficient (Wildman–Crippen LogP) is 2.59. The number of benzene rings is 2. The van der Waals surface area contributed by atoms with E-state index in [9.17, 15) is 9.90 Å². The maximum absolute atomic E-state index is 11.9. The number of hydrogen-bond acceptors (Lipinski definition) is 4. The average Bonchev–Trinajstić information content (AvgIpc) is 2.41. The number of hydrogen-bond donors (Lipinski definition) is 2. The first-order chi connectivity index (χ1) is 9.06. The minimum atomic E-state index is -0.546. The second-order valence-corrected chi connectivity index (χ2v) is 3.98. The van der Waals surface area contributed by atoms with Crippen molar-refractivity contribution in [3.05, 3.63) is 60.7 Å². The zero-order valence-corrected chi connectivity index (χ0v) is 10.2. The first-order valence-electron chi connectivity index (χ1n) is 5.62. The van der Waals surface area contributed by atoms with E-state index in [1.165, 1.54) is 12.1 Å². The van der Waals surface area contributed by atoms with Crippen molar-refractivity contribution in [2.45, 2.75) is 0 Å². The molecule has 0 aliphatic carbocycles. The molecular weight excluding hydrogens is 242 g/mol. The van der Waals surface area contributed by atoms with Crippen molar-refractivity contribution in [3.8, 4) is 11.5 Å². The fourth-order valence-corrected chi connectivity index (χ4v) is 1.48. The lowest BCUT2D eigenvalue weighted by molar-refractivity contribution is -0.127. The minimum Gasteiger partial charge on any atom is -0.508 e. The van der Waals surface area contributed by atoms with Crippen LogP contribution in [0.4, 0.5) is 5.69 Å². The zero-order chi connectivity index (χ0) is 13.8. The van der Waals surface area contributed by atoms with Crippen LogP contribution in [-0.4, -0.2) is 11.1 Å². The molecule has 4 nitrogen and oxygen atoms in total. The summed E-state index contributed by atoms with van der Waals surface area (Å²) in [6, 6.07) is 12.7. The molecule has 4 heteroatoms. The van der Waals surface area contributed by atoms with Crippen molar-refractivity contribution >= 4 is 17.2 Å². The highest BCUT2D eigenvalue weighted by Gasteiger charge is 2.12. The molecule has 0 unspecified atom stereocenters. The van der Waals surface area contributed by atoms with Crippen LogP contribution in [-0.2, 0) is 4.79 Å². The van der Waals surface area contributed by atoms with Gasteiger partial charge in [-0.05, 0) is 42.0 Å². The van der Waals surface area contributed by atoms with Gasteiger partial charge in [0.05, 0.1) is 5.57 Å². The summed E-state index contributed by atoms with van der Waals surface area (Å²) in [4.78, 5) is 11.9. The number of aromatic hydroxyl groups is 1. The van der Waals surface area contributed by atoms with Crippen LogP contribution in [0.1, 0.15) is 5.56 Å². The van der Waals surface area contributed by atoms with Gasteiger partial charge in [0.1, 0.15) is 11.5 Å². The van der Waals surface area contributed by atoms with Crippen LogP contribution in [0.5, 0.6) is 11.5 Å². The van der Waals surface area contributed by atoms with Gasteiger partial charge >= 0.3 is 5.97 Å². The van der Waals surface area contributed by atoms with Crippen molar-refractivity contribution in [3.63, 3.8) is 0 Å². The summed E-state index contributed by atoms with van der Waals surface area (Å²) in [7, 11) is 0. The molecule has 0 amide bonds. The number of carbonyl (C=O) groups excluding carboxylic acids is 1. The molecule has 3 N–H and O–H groups in total. The first-order valence-corrected chi connectivity index (χ1v) is 5.62. The smallest absolute Gasteiger partial charge is 0.343 e. The third kappa shape index (κ3) is 3.13. The van der Waals surface area contributed by atoms with E-state index in [0.717, 1.165) is 0 Å². The van der Waals surface area contributed by atoms with Gasteiger partial charge in [-0.25, -0.2) is 4.79 Å². The second kappa shape index (κ2) is 5.27. The monoisotopic (exact) mass is 255 g/mol. The second-order valence-electron chi connectivity index (χ2n) is 3.98. The Bertz CT molecular complexity index is 600. The number of rotatable bonds is 3. The first kappa shape index (κ1) is 12.7. The van der Waals surface area contributed by atoms with Crippen molar-refractivity contribution in [1.29, 1.82) is 0 Å². The Morgan fingerprint density at radius 2 is 1.63 bits per heavy atom.